The molecule has 4 rings (SSSR count). The van der Waals surface area contributed by atoms with Gasteiger partial charge in [-0.15, -0.1) is 11.3 Å². The van der Waals surface area contributed by atoms with Crippen LogP contribution in [0.4, 0.5) is 0 Å². The van der Waals surface area contributed by atoms with Gasteiger partial charge in [-0.25, -0.2) is 4.98 Å². The summed E-state index contributed by atoms with van der Waals surface area (Å²) in [6.45, 7) is 0.463. The Bertz CT molecular complexity index is 866. The summed E-state index contributed by atoms with van der Waals surface area (Å²) in [7, 11) is 0. The Morgan fingerprint density at radius 2 is 2.09 bits per heavy atom. The van der Waals surface area contributed by atoms with E-state index in [4.69, 9.17) is 4.52 Å². The molecule has 4 heterocycles. The van der Waals surface area contributed by atoms with Crippen molar-refractivity contribution in [1.82, 2.24) is 24.7 Å². The SMILES string of the molecule is c1ccc(-c2nccn2Cc2nc(-c3cccs3)no2)nc1. The minimum absolute atomic E-state index is 0.463. The fraction of sp³-hybridized carbons (Fsp3) is 0.0667. The number of hydrogen-bond acceptors (Lipinski definition) is 6. The van der Waals surface area contributed by atoms with Gasteiger partial charge in [0.15, 0.2) is 5.82 Å². The van der Waals surface area contributed by atoms with Crippen LogP contribution < -0.4 is 0 Å². The molecule has 0 unspecified atom stereocenters. The van der Waals surface area contributed by atoms with Gasteiger partial charge in [-0.05, 0) is 23.6 Å². The predicted octanol–water partition coefficient (Wildman–Crippen LogP) is 3.10. The quantitative estimate of drug-likeness (QED) is 0.579. The molecule has 0 aliphatic rings. The molecule has 0 saturated carbocycles. The predicted molar refractivity (Wildman–Crippen MR) is 82.2 cm³/mol. The standard InChI is InChI=1S/C15H11N5OS/c1-2-6-16-11(4-1)15-17-7-8-20(15)10-13-18-14(19-21-13)12-5-3-9-22-12/h1-9H,10H2. The molecule has 0 aromatic carbocycles. The Morgan fingerprint density at radius 1 is 1.09 bits per heavy atom. The second-order valence-electron chi connectivity index (χ2n) is 4.58. The number of nitrogens with zero attached hydrogens (tertiary/aromatic N) is 5. The molecule has 0 saturated heterocycles. The Kier molecular flexibility index (Phi) is 3.24. The molecule has 4 aromatic rings. The topological polar surface area (TPSA) is 69.6 Å². The van der Waals surface area contributed by atoms with E-state index in [1.165, 1.54) is 0 Å². The van der Waals surface area contributed by atoms with Crippen LogP contribution in [0.1, 0.15) is 5.89 Å². The summed E-state index contributed by atoms with van der Waals surface area (Å²) in [5.41, 5.74) is 0.811. The van der Waals surface area contributed by atoms with Crippen LogP contribution in [0.15, 0.2) is 58.8 Å². The smallest absolute Gasteiger partial charge is 0.246 e. The van der Waals surface area contributed by atoms with Gasteiger partial charge >= 0.3 is 0 Å². The summed E-state index contributed by atoms with van der Waals surface area (Å²) in [4.78, 5) is 14.1. The average Bonchev–Trinajstić information content (AvgIpc) is 3.30. The minimum Gasteiger partial charge on any atom is -0.337 e. The summed E-state index contributed by atoms with van der Waals surface area (Å²) in [5.74, 6) is 1.93. The van der Waals surface area contributed by atoms with Gasteiger partial charge in [-0.1, -0.05) is 17.3 Å². The van der Waals surface area contributed by atoms with Crippen molar-refractivity contribution < 1.29 is 4.52 Å². The van der Waals surface area contributed by atoms with Crippen LogP contribution in [-0.2, 0) is 6.54 Å². The molecule has 7 heteroatoms. The molecule has 0 aliphatic heterocycles. The molecule has 108 valence electrons. The normalized spacial score (nSPS) is 10.9. The highest BCUT2D eigenvalue weighted by atomic mass is 32.1. The Morgan fingerprint density at radius 3 is 2.91 bits per heavy atom. The van der Waals surface area contributed by atoms with E-state index in [-0.39, 0.29) is 0 Å². The van der Waals surface area contributed by atoms with E-state index in [2.05, 4.69) is 20.1 Å². The third kappa shape index (κ3) is 2.42. The summed E-state index contributed by atoms with van der Waals surface area (Å²) in [6.07, 6.45) is 5.36. The van der Waals surface area contributed by atoms with Gasteiger partial charge in [0.25, 0.3) is 0 Å². The average molecular weight is 309 g/mol. The number of thiophene rings is 1. The van der Waals surface area contributed by atoms with E-state index in [9.17, 15) is 0 Å². The highest BCUT2D eigenvalue weighted by Crippen LogP contribution is 2.22. The lowest BCUT2D eigenvalue weighted by Gasteiger charge is -2.03. The molecule has 0 aliphatic carbocycles. The van der Waals surface area contributed by atoms with Crippen molar-refractivity contribution in [2.45, 2.75) is 6.54 Å². The van der Waals surface area contributed by atoms with Gasteiger partial charge in [0, 0.05) is 18.6 Å². The number of pyridine rings is 1. The lowest BCUT2D eigenvalue weighted by molar-refractivity contribution is 0.372. The van der Waals surface area contributed by atoms with Crippen molar-refractivity contribution in [3.05, 3.63) is 60.2 Å². The number of imidazole rings is 1. The van der Waals surface area contributed by atoms with E-state index < -0.39 is 0 Å². The molecule has 0 radical (unpaired) electrons. The van der Waals surface area contributed by atoms with Gasteiger partial charge in [-0.2, -0.15) is 4.98 Å². The van der Waals surface area contributed by atoms with Crippen molar-refractivity contribution in [2.75, 3.05) is 0 Å². The zero-order valence-corrected chi connectivity index (χ0v) is 12.3. The van der Waals surface area contributed by atoms with Crippen LogP contribution in [0.3, 0.4) is 0 Å². The van der Waals surface area contributed by atoms with Gasteiger partial charge in [0.2, 0.25) is 11.7 Å². The third-order valence-corrected chi connectivity index (χ3v) is 3.99. The first kappa shape index (κ1) is 12.9. The maximum atomic E-state index is 5.33. The molecule has 0 amide bonds. The second kappa shape index (κ2) is 5.53. The zero-order chi connectivity index (χ0) is 14.8. The Labute approximate surface area is 130 Å². The van der Waals surface area contributed by atoms with Crippen LogP contribution in [0.5, 0.6) is 0 Å². The maximum Gasteiger partial charge on any atom is 0.246 e. The molecule has 6 nitrogen and oxygen atoms in total. The van der Waals surface area contributed by atoms with Crippen molar-refractivity contribution in [1.29, 1.82) is 0 Å². The van der Waals surface area contributed by atoms with Crippen LogP contribution in [0, 0.1) is 0 Å². The molecule has 4 aromatic heterocycles. The van der Waals surface area contributed by atoms with Crippen molar-refractivity contribution >= 4 is 11.3 Å². The first-order chi connectivity index (χ1) is 10.9. The molecule has 0 spiro atoms. The summed E-state index contributed by atoms with van der Waals surface area (Å²) in [5, 5.41) is 6.00. The van der Waals surface area contributed by atoms with E-state index in [1.54, 1.807) is 23.7 Å². The van der Waals surface area contributed by atoms with E-state index >= 15 is 0 Å². The highest BCUT2D eigenvalue weighted by Gasteiger charge is 2.13. The molecule has 22 heavy (non-hydrogen) atoms. The van der Waals surface area contributed by atoms with Crippen LogP contribution in [0.2, 0.25) is 0 Å². The molecule has 0 fully saturated rings. The van der Waals surface area contributed by atoms with Crippen LogP contribution >= 0.6 is 11.3 Å². The van der Waals surface area contributed by atoms with Crippen LogP contribution in [-0.4, -0.2) is 24.7 Å². The summed E-state index contributed by atoms with van der Waals surface area (Å²) >= 11 is 1.58. The first-order valence-electron chi connectivity index (χ1n) is 6.69. The second-order valence-corrected chi connectivity index (χ2v) is 5.53. The van der Waals surface area contributed by atoms with Gasteiger partial charge in [0.05, 0.1) is 4.88 Å². The molecular formula is C15H11N5OS. The van der Waals surface area contributed by atoms with Crippen molar-refractivity contribution in [2.24, 2.45) is 0 Å². The Balaban J connectivity index is 1.61. The molecular weight excluding hydrogens is 298 g/mol. The summed E-state index contributed by atoms with van der Waals surface area (Å²) < 4.78 is 7.27. The minimum atomic E-state index is 0.463. The Hall–Kier alpha value is -2.80. The molecule has 0 atom stereocenters. The van der Waals surface area contributed by atoms with Crippen molar-refractivity contribution in [3.63, 3.8) is 0 Å². The third-order valence-electron chi connectivity index (χ3n) is 3.12. The largest absolute Gasteiger partial charge is 0.337 e. The number of aromatic nitrogens is 5. The summed E-state index contributed by atoms with van der Waals surface area (Å²) in [6, 6.07) is 9.66. The lowest BCUT2D eigenvalue weighted by Crippen LogP contribution is -2.02. The van der Waals surface area contributed by atoms with Gasteiger partial charge in [-0.3, -0.25) is 4.98 Å². The number of hydrogen-bond donors (Lipinski definition) is 0. The fourth-order valence-electron chi connectivity index (χ4n) is 2.14. The fourth-order valence-corrected chi connectivity index (χ4v) is 2.78. The maximum absolute atomic E-state index is 5.33. The van der Waals surface area contributed by atoms with Gasteiger partial charge < -0.3 is 9.09 Å². The zero-order valence-electron chi connectivity index (χ0n) is 11.5. The highest BCUT2D eigenvalue weighted by molar-refractivity contribution is 7.13. The lowest BCUT2D eigenvalue weighted by atomic mass is 10.3. The molecule has 0 N–H and O–H groups in total. The van der Waals surface area contributed by atoms with E-state index in [1.807, 2.05) is 46.5 Å². The van der Waals surface area contributed by atoms with Crippen LogP contribution in [0.25, 0.3) is 22.2 Å². The van der Waals surface area contributed by atoms with E-state index in [0.29, 0.717) is 18.3 Å². The van der Waals surface area contributed by atoms with E-state index in [0.717, 1.165) is 16.4 Å². The van der Waals surface area contributed by atoms with Gasteiger partial charge in [0.1, 0.15) is 12.2 Å². The molecule has 0 bridgehead atoms. The van der Waals surface area contributed by atoms with Crippen molar-refractivity contribution in [3.8, 4) is 22.2 Å². The monoisotopic (exact) mass is 309 g/mol. The first-order valence-corrected chi connectivity index (χ1v) is 7.57. The number of rotatable bonds is 4.